The van der Waals surface area contributed by atoms with Crippen LogP contribution in [0.2, 0.25) is 0 Å². The number of likely N-dealkylation sites (N-methyl/N-ethyl adjacent to an activating group) is 1. The van der Waals surface area contributed by atoms with Gasteiger partial charge in [0.2, 0.25) is 0 Å². The lowest BCUT2D eigenvalue weighted by Crippen LogP contribution is -2.36. The van der Waals surface area contributed by atoms with Crippen LogP contribution in [-0.2, 0) is 0 Å². The van der Waals surface area contributed by atoms with Gasteiger partial charge in [-0.05, 0) is 19.4 Å². The molecule has 0 fully saturated rings. The van der Waals surface area contributed by atoms with E-state index >= 15 is 0 Å². The minimum absolute atomic E-state index is 0.519. The van der Waals surface area contributed by atoms with Crippen molar-refractivity contribution in [2.75, 3.05) is 6.54 Å². The molecule has 0 heterocycles. The molecule has 1 unspecified atom stereocenters. The molecule has 0 saturated heterocycles. The Balaban J connectivity index is 4.15. The molecule has 1 heteroatoms. The minimum atomic E-state index is 0.519. The molecule has 0 aromatic heterocycles. The summed E-state index contributed by atoms with van der Waals surface area (Å²) in [6.45, 7) is 13.8. The van der Waals surface area contributed by atoms with Gasteiger partial charge in [-0.2, -0.15) is 0 Å². The van der Waals surface area contributed by atoms with Gasteiger partial charge in [0.25, 0.3) is 0 Å². The summed E-state index contributed by atoms with van der Waals surface area (Å²) in [5.74, 6) is 0.752. The highest BCUT2D eigenvalue weighted by atomic mass is 14.9. The SMILES string of the molecule is C=C(C)C(NCC)C(CC)CC. The molecule has 1 atom stereocenters. The number of hydrogen-bond acceptors (Lipinski definition) is 1. The van der Waals surface area contributed by atoms with Gasteiger partial charge in [0.1, 0.15) is 0 Å². The van der Waals surface area contributed by atoms with Gasteiger partial charge in [0.15, 0.2) is 0 Å². The van der Waals surface area contributed by atoms with Crippen molar-refractivity contribution < 1.29 is 0 Å². The van der Waals surface area contributed by atoms with Crippen LogP contribution in [0.5, 0.6) is 0 Å². The van der Waals surface area contributed by atoms with Crippen LogP contribution in [-0.4, -0.2) is 12.6 Å². The van der Waals surface area contributed by atoms with Crippen LogP contribution >= 0.6 is 0 Å². The topological polar surface area (TPSA) is 12.0 Å². The summed E-state index contributed by atoms with van der Waals surface area (Å²) in [7, 11) is 0. The Morgan fingerprint density at radius 2 is 1.75 bits per heavy atom. The van der Waals surface area contributed by atoms with Gasteiger partial charge in [-0.1, -0.05) is 45.8 Å². The maximum absolute atomic E-state index is 4.03. The predicted molar refractivity (Wildman–Crippen MR) is 56.4 cm³/mol. The van der Waals surface area contributed by atoms with Crippen molar-refractivity contribution in [3.05, 3.63) is 12.2 Å². The largest absolute Gasteiger partial charge is 0.310 e. The zero-order valence-corrected chi connectivity index (χ0v) is 8.98. The third-order valence-electron chi connectivity index (χ3n) is 2.48. The average Bonchev–Trinajstić information content (AvgIpc) is 2.05. The molecule has 1 nitrogen and oxygen atoms in total. The predicted octanol–water partition coefficient (Wildman–Crippen LogP) is 2.98. The van der Waals surface area contributed by atoms with Gasteiger partial charge in [-0.3, -0.25) is 0 Å². The second-order valence-electron chi connectivity index (χ2n) is 3.46. The van der Waals surface area contributed by atoms with E-state index in [-0.39, 0.29) is 0 Å². The van der Waals surface area contributed by atoms with Crippen molar-refractivity contribution in [3.8, 4) is 0 Å². The van der Waals surface area contributed by atoms with Crippen LogP contribution in [0.25, 0.3) is 0 Å². The molecule has 0 amide bonds. The van der Waals surface area contributed by atoms with Crippen molar-refractivity contribution >= 4 is 0 Å². The van der Waals surface area contributed by atoms with Gasteiger partial charge < -0.3 is 5.32 Å². The van der Waals surface area contributed by atoms with Crippen molar-refractivity contribution in [3.63, 3.8) is 0 Å². The number of rotatable bonds is 6. The molecule has 0 spiro atoms. The van der Waals surface area contributed by atoms with Crippen molar-refractivity contribution in [1.82, 2.24) is 5.32 Å². The van der Waals surface area contributed by atoms with Crippen LogP contribution in [0.4, 0.5) is 0 Å². The second-order valence-corrected chi connectivity index (χ2v) is 3.46. The molecule has 0 aliphatic carbocycles. The lowest BCUT2D eigenvalue weighted by atomic mass is 9.90. The highest BCUT2D eigenvalue weighted by Gasteiger charge is 2.17. The zero-order chi connectivity index (χ0) is 9.56. The lowest BCUT2D eigenvalue weighted by molar-refractivity contribution is 0.376. The van der Waals surface area contributed by atoms with E-state index in [1.807, 2.05) is 0 Å². The van der Waals surface area contributed by atoms with Gasteiger partial charge in [-0.25, -0.2) is 0 Å². The third-order valence-corrected chi connectivity index (χ3v) is 2.48. The Morgan fingerprint density at radius 3 is 2.00 bits per heavy atom. The summed E-state index contributed by atoms with van der Waals surface area (Å²) in [5, 5.41) is 3.48. The van der Waals surface area contributed by atoms with Crippen LogP contribution in [0, 0.1) is 5.92 Å². The first-order chi connectivity index (χ1) is 5.67. The van der Waals surface area contributed by atoms with E-state index in [1.165, 1.54) is 18.4 Å². The summed E-state index contributed by atoms with van der Waals surface area (Å²) in [5.41, 5.74) is 1.27. The normalized spacial score (nSPS) is 13.4. The zero-order valence-electron chi connectivity index (χ0n) is 8.98. The Hall–Kier alpha value is -0.300. The Labute approximate surface area is 77.2 Å². The molecule has 0 rings (SSSR count). The third kappa shape index (κ3) is 3.40. The highest BCUT2D eigenvalue weighted by Crippen LogP contribution is 2.17. The van der Waals surface area contributed by atoms with Crippen LogP contribution in [0.3, 0.4) is 0 Å². The Bertz CT molecular complexity index is 125. The number of nitrogens with one attached hydrogen (secondary N) is 1. The molecule has 0 bridgehead atoms. The fraction of sp³-hybridized carbons (Fsp3) is 0.818. The first-order valence-electron chi connectivity index (χ1n) is 5.06. The van der Waals surface area contributed by atoms with Crippen LogP contribution in [0.1, 0.15) is 40.5 Å². The summed E-state index contributed by atoms with van der Waals surface area (Å²) in [4.78, 5) is 0. The van der Waals surface area contributed by atoms with E-state index in [9.17, 15) is 0 Å². The van der Waals surface area contributed by atoms with E-state index in [4.69, 9.17) is 0 Å². The van der Waals surface area contributed by atoms with Crippen molar-refractivity contribution in [2.45, 2.75) is 46.6 Å². The van der Waals surface area contributed by atoms with Crippen LogP contribution in [0.15, 0.2) is 12.2 Å². The Kier molecular flexibility index (Phi) is 6.09. The fourth-order valence-corrected chi connectivity index (χ4v) is 1.72. The molecular weight excluding hydrogens is 146 g/mol. The van der Waals surface area contributed by atoms with E-state index in [0.29, 0.717) is 6.04 Å². The molecule has 0 aliphatic heterocycles. The maximum atomic E-state index is 4.03. The van der Waals surface area contributed by atoms with Crippen molar-refractivity contribution in [2.24, 2.45) is 5.92 Å². The highest BCUT2D eigenvalue weighted by molar-refractivity contribution is 5.03. The monoisotopic (exact) mass is 169 g/mol. The molecule has 0 radical (unpaired) electrons. The van der Waals surface area contributed by atoms with Gasteiger partial charge in [0.05, 0.1) is 0 Å². The van der Waals surface area contributed by atoms with Gasteiger partial charge in [-0.15, -0.1) is 0 Å². The molecular formula is C11H23N. The quantitative estimate of drug-likeness (QED) is 0.603. The second kappa shape index (κ2) is 6.24. The summed E-state index contributed by atoms with van der Waals surface area (Å²) >= 11 is 0. The Morgan fingerprint density at radius 1 is 1.25 bits per heavy atom. The minimum Gasteiger partial charge on any atom is -0.310 e. The molecule has 1 N–H and O–H groups in total. The molecule has 72 valence electrons. The standard InChI is InChI=1S/C11H23N/c1-6-10(7-2)11(9(4)5)12-8-3/h10-12H,4,6-8H2,1-3,5H3. The van der Waals surface area contributed by atoms with Gasteiger partial charge in [0, 0.05) is 6.04 Å². The lowest BCUT2D eigenvalue weighted by Gasteiger charge is -2.26. The smallest absolute Gasteiger partial charge is 0.0302 e. The first-order valence-corrected chi connectivity index (χ1v) is 5.06. The molecule has 0 saturated carbocycles. The average molecular weight is 169 g/mol. The first kappa shape index (κ1) is 11.7. The van der Waals surface area contributed by atoms with Crippen LogP contribution < -0.4 is 5.32 Å². The molecule has 0 aromatic carbocycles. The van der Waals surface area contributed by atoms with Crippen molar-refractivity contribution in [1.29, 1.82) is 0 Å². The summed E-state index contributed by atoms with van der Waals surface area (Å²) in [6, 6.07) is 0.519. The van der Waals surface area contributed by atoms with Gasteiger partial charge >= 0.3 is 0 Å². The van der Waals surface area contributed by atoms with E-state index in [1.54, 1.807) is 0 Å². The van der Waals surface area contributed by atoms with E-state index in [0.717, 1.165) is 12.5 Å². The fourth-order valence-electron chi connectivity index (χ4n) is 1.72. The molecule has 12 heavy (non-hydrogen) atoms. The maximum Gasteiger partial charge on any atom is 0.0302 e. The number of hydrogen-bond donors (Lipinski definition) is 1. The summed E-state index contributed by atoms with van der Waals surface area (Å²) in [6.07, 6.45) is 2.47. The molecule has 0 aromatic rings. The molecule has 0 aliphatic rings. The van der Waals surface area contributed by atoms with E-state index in [2.05, 4.69) is 39.6 Å². The summed E-state index contributed by atoms with van der Waals surface area (Å²) < 4.78 is 0. The van der Waals surface area contributed by atoms with E-state index < -0.39 is 0 Å².